The molecule has 1 aromatic heterocycles. The van der Waals surface area contributed by atoms with Crippen molar-refractivity contribution in [3.63, 3.8) is 0 Å². The Balaban J connectivity index is 1.36. The summed E-state index contributed by atoms with van der Waals surface area (Å²) in [6, 6.07) is 19.8. The maximum Gasteiger partial charge on any atom is 0.166 e. The first kappa shape index (κ1) is 18.9. The SMILES string of the molecule is O=C(c1ccc(Cl)cc1)C1CCN(Cc2cncc(-c3ccccc3)c2)CC1. The number of hydrogen-bond acceptors (Lipinski definition) is 3. The van der Waals surface area contributed by atoms with Crippen molar-refractivity contribution in [3.05, 3.63) is 89.2 Å². The fraction of sp³-hybridized carbons (Fsp3) is 0.250. The Morgan fingerprint density at radius 1 is 0.964 bits per heavy atom. The highest BCUT2D eigenvalue weighted by molar-refractivity contribution is 6.30. The van der Waals surface area contributed by atoms with Crippen LogP contribution < -0.4 is 0 Å². The molecule has 0 aliphatic carbocycles. The van der Waals surface area contributed by atoms with E-state index in [1.54, 1.807) is 12.1 Å². The average molecular weight is 391 g/mol. The first-order chi connectivity index (χ1) is 13.7. The number of Topliss-reactive ketones (excluding diaryl/α,β-unsaturated/α-hetero) is 1. The molecular weight excluding hydrogens is 368 g/mol. The Bertz CT molecular complexity index is 932. The van der Waals surface area contributed by atoms with Gasteiger partial charge in [-0.05, 0) is 67.4 Å². The van der Waals surface area contributed by atoms with E-state index in [4.69, 9.17) is 11.6 Å². The molecule has 2 aromatic carbocycles. The van der Waals surface area contributed by atoms with Gasteiger partial charge >= 0.3 is 0 Å². The molecule has 3 nitrogen and oxygen atoms in total. The predicted octanol–water partition coefficient (Wildman–Crippen LogP) is 5.50. The number of hydrogen-bond donors (Lipinski definition) is 0. The van der Waals surface area contributed by atoms with E-state index in [-0.39, 0.29) is 11.7 Å². The lowest BCUT2D eigenvalue weighted by atomic mass is 9.89. The number of nitrogens with zero attached hydrogens (tertiary/aromatic N) is 2. The summed E-state index contributed by atoms with van der Waals surface area (Å²) >= 11 is 5.93. The average Bonchev–Trinajstić information content (AvgIpc) is 2.75. The van der Waals surface area contributed by atoms with Gasteiger partial charge in [-0.25, -0.2) is 0 Å². The largest absolute Gasteiger partial charge is 0.299 e. The van der Waals surface area contributed by atoms with E-state index in [1.165, 1.54) is 11.1 Å². The fourth-order valence-electron chi connectivity index (χ4n) is 3.82. The summed E-state index contributed by atoms with van der Waals surface area (Å²) in [6.07, 6.45) is 5.65. The van der Waals surface area contributed by atoms with Gasteiger partial charge in [0.15, 0.2) is 5.78 Å². The van der Waals surface area contributed by atoms with Gasteiger partial charge in [-0.1, -0.05) is 41.9 Å². The van der Waals surface area contributed by atoms with Crippen molar-refractivity contribution in [2.45, 2.75) is 19.4 Å². The third-order valence-electron chi connectivity index (χ3n) is 5.40. The van der Waals surface area contributed by atoms with E-state index in [1.807, 2.05) is 42.7 Å². The van der Waals surface area contributed by atoms with Crippen LogP contribution in [0.1, 0.15) is 28.8 Å². The highest BCUT2D eigenvalue weighted by atomic mass is 35.5. The number of benzene rings is 2. The second kappa shape index (κ2) is 8.68. The van der Waals surface area contributed by atoms with Crippen LogP contribution in [0.4, 0.5) is 0 Å². The molecule has 4 rings (SSSR count). The van der Waals surface area contributed by atoms with Gasteiger partial charge in [0.05, 0.1) is 0 Å². The summed E-state index contributed by atoms with van der Waals surface area (Å²) in [6.45, 7) is 2.73. The van der Waals surface area contributed by atoms with Crippen molar-refractivity contribution in [2.75, 3.05) is 13.1 Å². The number of carbonyl (C=O) groups excluding carboxylic acids is 1. The molecule has 0 amide bonds. The number of piperidine rings is 1. The van der Waals surface area contributed by atoms with Gasteiger partial charge in [0.25, 0.3) is 0 Å². The number of ketones is 1. The molecule has 0 radical (unpaired) electrons. The summed E-state index contributed by atoms with van der Waals surface area (Å²) in [5.41, 5.74) is 4.31. The molecule has 1 aliphatic rings. The minimum absolute atomic E-state index is 0.103. The molecule has 142 valence electrons. The maximum absolute atomic E-state index is 12.7. The smallest absolute Gasteiger partial charge is 0.166 e. The van der Waals surface area contributed by atoms with Crippen molar-refractivity contribution in [1.82, 2.24) is 9.88 Å². The van der Waals surface area contributed by atoms with Crippen LogP contribution in [0.25, 0.3) is 11.1 Å². The summed E-state index contributed by atoms with van der Waals surface area (Å²) in [5.74, 6) is 0.343. The Hall–Kier alpha value is -2.49. The molecule has 1 saturated heterocycles. The Labute approximate surface area is 171 Å². The Kier molecular flexibility index (Phi) is 5.84. The van der Waals surface area contributed by atoms with Gasteiger partial charge in [0, 0.05) is 41.0 Å². The first-order valence-electron chi connectivity index (χ1n) is 9.70. The van der Waals surface area contributed by atoms with Gasteiger partial charge in [0.2, 0.25) is 0 Å². The van der Waals surface area contributed by atoms with E-state index in [0.717, 1.165) is 43.6 Å². The molecule has 1 aliphatic heterocycles. The molecule has 2 heterocycles. The quantitative estimate of drug-likeness (QED) is 0.539. The zero-order valence-electron chi connectivity index (χ0n) is 15.7. The Morgan fingerprint density at radius 2 is 1.68 bits per heavy atom. The third-order valence-corrected chi connectivity index (χ3v) is 5.65. The van der Waals surface area contributed by atoms with E-state index in [9.17, 15) is 4.79 Å². The minimum Gasteiger partial charge on any atom is -0.299 e. The van der Waals surface area contributed by atoms with E-state index in [0.29, 0.717) is 5.02 Å². The highest BCUT2D eigenvalue weighted by Crippen LogP contribution is 2.25. The van der Waals surface area contributed by atoms with Gasteiger partial charge in [-0.2, -0.15) is 0 Å². The number of likely N-dealkylation sites (tertiary alicyclic amines) is 1. The fourth-order valence-corrected chi connectivity index (χ4v) is 3.95. The second-order valence-electron chi connectivity index (χ2n) is 7.37. The molecule has 4 heteroatoms. The number of pyridine rings is 1. The van der Waals surface area contributed by atoms with E-state index < -0.39 is 0 Å². The molecule has 0 unspecified atom stereocenters. The lowest BCUT2D eigenvalue weighted by Gasteiger charge is -2.31. The predicted molar refractivity (Wildman–Crippen MR) is 113 cm³/mol. The minimum atomic E-state index is 0.103. The van der Waals surface area contributed by atoms with Gasteiger partial charge < -0.3 is 0 Å². The van der Waals surface area contributed by atoms with Crippen molar-refractivity contribution in [1.29, 1.82) is 0 Å². The van der Waals surface area contributed by atoms with E-state index >= 15 is 0 Å². The number of halogens is 1. The molecule has 1 fully saturated rings. The van der Waals surface area contributed by atoms with Crippen LogP contribution in [0, 0.1) is 5.92 Å². The maximum atomic E-state index is 12.7. The zero-order chi connectivity index (χ0) is 19.3. The lowest BCUT2D eigenvalue weighted by Crippen LogP contribution is -2.36. The lowest BCUT2D eigenvalue weighted by molar-refractivity contribution is 0.0835. The van der Waals surface area contributed by atoms with Crippen LogP contribution in [0.15, 0.2) is 73.1 Å². The summed E-state index contributed by atoms with van der Waals surface area (Å²) in [5, 5.41) is 0.665. The van der Waals surface area contributed by atoms with Crippen molar-refractivity contribution in [2.24, 2.45) is 5.92 Å². The van der Waals surface area contributed by atoms with Gasteiger partial charge in [-0.15, -0.1) is 0 Å². The molecule has 0 atom stereocenters. The highest BCUT2D eigenvalue weighted by Gasteiger charge is 2.25. The van der Waals surface area contributed by atoms with Crippen molar-refractivity contribution < 1.29 is 4.79 Å². The number of aromatic nitrogens is 1. The topological polar surface area (TPSA) is 33.2 Å². The van der Waals surface area contributed by atoms with Crippen molar-refractivity contribution >= 4 is 17.4 Å². The molecule has 0 N–H and O–H groups in total. The van der Waals surface area contributed by atoms with Crippen LogP contribution in [0.5, 0.6) is 0 Å². The number of rotatable bonds is 5. The van der Waals surface area contributed by atoms with Crippen molar-refractivity contribution in [3.8, 4) is 11.1 Å². The molecule has 28 heavy (non-hydrogen) atoms. The van der Waals surface area contributed by atoms with Crippen LogP contribution in [-0.2, 0) is 6.54 Å². The van der Waals surface area contributed by atoms with Crippen LogP contribution >= 0.6 is 11.6 Å². The number of carbonyl (C=O) groups is 1. The third kappa shape index (κ3) is 4.49. The first-order valence-corrected chi connectivity index (χ1v) is 10.1. The molecular formula is C24H23ClN2O. The molecule has 3 aromatic rings. The van der Waals surface area contributed by atoms with Crippen LogP contribution in [0.3, 0.4) is 0 Å². The standard InChI is InChI=1S/C24H23ClN2O/c25-23-8-6-20(7-9-23)24(28)21-10-12-27(13-11-21)17-18-14-22(16-26-15-18)19-4-2-1-3-5-19/h1-9,14-16,21H,10-13,17H2. The summed E-state index contributed by atoms with van der Waals surface area (Å²) in [7, 11) is 0. The van der Waals surface area contributed by atoms with Crippen LogP contribution in [-0.4, -0.2) is 28.8 Å². The van der Waals surface area contributed by atoms with Crippen LogP contribution in [0.2, 0.25) is 5.02 Å². The van der Waals surface area contributed by atoms with E-state index in [2.05, 4.69) is 28.1 Å². The van der Waals surface area contributed by atoms with Gasteiger partial charge in [-0.3, -0.25) is 14.7 Å². The zero-order valence-corrected chi connectivity index (χ0v) is 16.5. The molecule has 0 saturated carbocycles. The summed E-state index contributed by atoms with van der Waals surface area (Å²) in [4.78, 5) is 19.5. The Morgan fingerprint density at radius 3 is 2.39 bits per heavy atom. The monoisotopic (exact) mass is 390 g/mol. The summed E-state index contributed by atoms with van der Waals surface area (Å²) < 4.78 is 0. The second-order valence-corrected chi connectivity index (χ2v) is 7.81. The van der Waals surface area contributed by atoms with Gasteiger partial charge in [0.1, 0.15) is 0 Å². The molecule has 0 bridgehead atoms. The molecule has 0 spiro atoms. The normalized spacial score (nSPS) is 15.5.